The van der Waals surface area contributed by atoms with Crippen LogP contribution in [0.2, 0.25) is 0 Å². The van der Waals surface area contributed by atoms with Crippen molar-refractivity contribution in [3.63, 3.8) is 0 Å². The Labute approximate surface area is 119 Å². The molecule has 0 radical (unpaired) electrons. The maximum atomic E-state index is 4.55. The number of aromatic nitrogens is 2. The second kappa shape index (κ2) is 7.92. The molecular weight excluding hydrogens is 292 g/mol. The van der Waals surface area contributed by atoms with E-state index in [2.05, 4.69) is 56.7 Å². The molecule has 0 aromatic carbocycles. The highest BCUT2D eigenvalue weighted by Gasteiger charge is 2.15. The van der Waals surface area contributed by atoms with Gasteiger partial charge < -0.3 is 5.32 Å². The van der Waals surface area contributed by atoms with Gasteiger partial charge in [-0.3, -0.25) is 9.58 Å². The van der Waals surface area contributed by atoms with Gasteiger partial charge in [0.2, 0.25) is 0 Å². The van der Waals surface area contributed by atoms with Gasteiger partial charge in [-0.15, -0.1) is 0 Å². The van der Waals surface area contributed by atoms with E-state index < -0.39 is 0 Å². The number of hydrogen-bond donors (Lipinski definition) is 1. The van der Waals surface area contributed by atoms with Gasteiger partial charge in [0.05, 0.1) is 15.9 Å². The molecule has 0 fully saturated rings. The molecule has 0 atom stereocenters. The lowest BCUT2D eigenvalue weighted by Crippen LogP contribution is -2.32. The third-order valence-corrected chi connectivity index (χ3v) is 4.08. The number of hydrogen-bond acceptors (Lipinski definition) is 3. The Balaban J connectivity index is 2.78. The van der Waals surface area contributed by atoms with Gasteiger partial charge in [0, 0.05) is 26.2 Å². The molecule has 1 N–H and O–H groups in total. The van der Waals surface area contributed by atoms with Gasteiger partial charge in [0.25, 0.3) is 0 Å². The highest BCUT2D eigenvalue weighted by atomic mass is 79.9. The summed E-state index contributed by atoms with van der Waals surface area (Å²) >= 11 is 3.66. The van der Waals surface area contributed by atoms with Crippen molar-refractivity contribution < 1.29 is 0 Å². The van der Waals surface area contributed by atoms with E-state index in [1.54, 1.807) is 0 Å². The number of nitrogens with zero attached hydrogens (tertiary/aromatic N) is 3. The lowest BCUT2D eigenvalue weighted by Gasteiger charge is -2.22. The summed E-state index contributed by atoms with van der Waals surface area (Å²) in [6.45, 7) is 11.5. The first kappa shape index (κ1) is 15.7. The normalized spacial score (nSPS) is 11.4. The van der Waals surface area contributed by atoms with Gasteiger partial charge in [-0.05, 0) is 49.8 Å². The fourth-order valence-electron chi connectivity index (χ4n) is 2.09. The summed E-state index contributed by atoms with van der Waals surface area (Å²) in [5.41, 5.74) is 2.37. The smallest absolute Gasteiger partial charge is 0.0739 e. The summed E-state index contributed by atoms with van der Waals surface area (Å²) in [4.78, 5) is 2.48. The molecule has 0 aliphatic heterocycles. The molecule has 1 aromatic rings. The molecule has 0 bridgehead atoms. The molecule has 1 rings (SSSR count). The van der Waals surface area contributed by atoms with Gasteiger partial charge >= 0.3 is 0 Å². The minimum Gasteiger partial charge on any atom is -0.318 e. The summed E-state index contributed by atoms with van der Waals surface area (Å²) in [6, 6.07) is 0. The summed E-state index contributed by atoms with van der Waals surface area (Å²) in [5.74, 6) is 0. The molecule has 0 spiro atoms. The van der Waals surface area contributed by atoms with Crippen molar-refractivity contribution in [3.05, 3.63) is 15.9 Å². The van der Waals surface area contributed by atoms with E-state index in [-0.39, 0.29) is 0 Å². The molecule has 0 saturated heterocycles. The average Bonchev–Trinajstić information content (AvgIpc) is 2.63. The van der Waals surface area contributed by atoms with Crippen molar-refractivity contribution in [2.75, 3.05) is 26.7 Å². The third kappa shape index (κ3) is 4.07. The average molecular weight is 317 g/mol. The van der Waals surface area contributed by atoms with Crippen LogP contribution in [0, 0.1) is 6.92 Å². The van der Waals surface area contributed by atoms with Crippen LogP contribution in [0.3, 0.4) is 0 Å². The Morgan fingerprint density at radius 3 is 2.61 bits per heavy atom. The van der Waals surface area contributed by atoms with Crippen molar-refractivity contribution in [1.29, 1.82) is 0 Å². The molecule has 18 heavy (non-hydrogen) atoms. The molecule has 0 aliphatic carbocycles. The molecule has 1 heterocycles. The predicted molar refractivity (Wildman–Crippen MR) is 79.8 cm³/mol. The van der Waals surface area contributed by atoms with Crippen molar-refractivity contribution in [1.82, 2.24) is 20.0 Å². The van der Waals surface area contributed by atoms with E-state index in [0.717, 1.165) is 42.9 Å². The first-order valence-corrected chi connectivity index (χ1v) is 7.52. The number of halogens is 1. The molecule has 5 heteroatoms. The van der Waals surface area contributed by atoms with E-state index in [4.69, 9.17) is 0 Å². The standard InChI is InChI=1S/C13H25BrN4/c1-5-8-17(9-7-15-4)10-12-13(14)11(3)16-18(12)6-2/h15H,5-10H2,1-4H3. The lowest BCUT2D eigenvalue weighted by molar-refractivity contribution is 0.259. The summed E-state index contributed by atoms with van der Waals surface area (Å²) in [7, 11) is 2.00. The van der Waals surface area contributed by atoms with Gasteiger partial charge in [0.1, 0.15) is 0 Å². The number of likely N-dealkylation sites (N-methyl/N-ethyl adjacent to an activating group) is 1. The maximum Gasteiger partial charge on any atom is 0.0739 e. The van der Waals surface area contributed by atoms with Crippen LogP contribution in [0.4, 0.5) is 0 Å². The zero-order valence-electron chi connectivity index (χ0n) is 12.0. The van der Waals surface area contributed by atoms with Crippen molar-refractivity contribution >= 4 is 15.9 Å². The summed E-state index contributed by atoms with van der Waals surface area (Å²) in [6.07, 6.45) is 1.18. The van der Waals surface area contributed by atoms with Crippen LogP contribution in [0.1, 0.15) is 31.7 Å². The van der Waals surface area contributed by atoms with E-state index in [1.165, 1.54) is 12.1 Å². The molecule has 104 valence electrons. The van der Waals surface area contributed by atoms with Gasteiger partial charge in [-0.1, -0.05) is 6.92 Å². The van der Waals surface area contributed by atoms with Crippen LogP contribution in [0.5, 0.6) is 0 Å². The van der Waals surface area contributed by atoms with Crippen molar-refractivity contribution in [3.8, 4) is 0 Å². The summed E-state index contributed by atoms with van der Waals surface area (Å²) in [5, 5.41) is 7.76. The molecule has 1 aromatic heterocycles. The van der Waals surface area contributed by atoms with Crippen LogP contribution < -0.4 is 5.32 Å². The van der Waals surface area contributed by atoms with Crippen LogP contribution in [-0.2, 0) is 13.1 Å². The zero-order valence-corrected chi connectivity index (χ0v) is 13.5. The van der Waals surface area contributed by atoms with E-state index in [9.17, 15) is 0 Å². The van der Waals surface area contributed by atoms with E-state index in [1.807, 2.05) is 7.05 Å². The SMILES string of the molecule is CCCN(CCNC)Cc1c(Br)c(C)nn1CC. The minimum atomic E-state index is 0.924. The van der Waals surface area contributed by atoms with Crippen LogP contribution >= 0.6 is 15.9 Å². The van der Waals surface area contributed by atoms with Crippen molar-refractivity contribution in [2.45, 2.75) is 40.3 Å². The molecule has 0 aliphatic rings. The van der Waals surface area contributed by atoms with Gasteiger partial charge in [0.15, 0.2) is 0 Å². The Morgan fingerprint density at radius 1 is 1.33 bits per heavy atom. The second-order valence-electron chi connectivity index (χ2n) is 4.54. The largest absolute Gasteiger partial charge is 0.318 e. The predicted octanol–water partition coefficient (Wildman–Crippen LogP) is 2.41. The highest BCUT2D eigenvalue weighted by molar-refractivity contribution is 9.10. The van der Waals surface area contributed by atoms with Gasteiger partial charge in [-0.2, -0.15) is 5.10 Å². The van der Waals surface area contributed by atoms with Crippen LogP contribution in [0.25, 0.3) is 0 Å². The maximum absolute atomic E-state index is 4.55. The zero-order chi connectivity index (χ0) is 13.5. The Morgan fingerprint density at radius 2 is 2.06 bits per heavy atom. The third-order valence-electron chi connectivity index (χ3n) is 3.04. The first-order valence-electron chi connectivity index (χ1n) is 6.72. The second-order valence-corrected chi connectivity index (χ2v) is 5.33. The monoisotopic (exact) mass is 316 g/mol. The molecule has 4 nitrogen and oxygen atoms in total. The first-order chi connectivity index (χ1) is 8.63. The Kier molecular flexibility index (Phi) is 6.89. The number of nitrogens with one attached hydrogen (secondary N) is 1. The minimum absolute atomic E-state index is 0.924. The highest BCUT2D eigenvalue weighted by Crippen LogP contribution is 2.22. The van der Waals surface area contributed by atoms with E-state index in [0.29, 0.717) is 0 Å². The number of aryl methyl sites for hydroxylation is 2. The molecular formula is C13H25BrN4. The molecule has 0 unspecified atom stereocenters. The van der Waals surface area contributed by atoms with E-state index >= 15 is 0 Å². The molecule has 0 saturated carbocycles. The Hall–Kier alpha value is -0.390. The quantitative estimate of drug-likeness (QED) is 0.799. The fourth-order valence-corrected chi connectivity index (χ4v) is 2.50. The van der Waals surface area contributed by atoms with Crippen LogP contribution in [-0.4, -0.2) is 41.4 Å². The topological polar surface area (TPSA) is 33.1 Å². The Bertz CT molecular complexity index is 362. The number of rotatable bonds is 8. The molecule has 0 amide bonds. The van der Waals surface area contributed by atoms with Crippen molar-refractivity contribution in [2.24, 2.45) is 0 Å². The van der Waals surface area contributed by atoms with Gasteiger partial charge in [-0.25, -0.2) is 0 Å². The summed E-state index contributed by atoms with van der Waals surface area (Å²) < 4.78 is 3.26. The van der Waals surface area contributed by atoms with Crippen LogP contribution in [0.15, 0.2) is 4.47 Å². The lowest BCUT2D eigenvalue weighted by atomic mass is 10.3. The fraction of sp³-hybridized carbons (Fsp3) is 0.769.